The summed E-state index contributed by atoms with van der Waals surface area (Å²) in [5, 5.41) is 3.15. The quantitative estimate of drug-likeness (QED) is 0.745. The van der Waals surface area contributed by atoms with E-state index < -0.39 is 0 Å². The molecule has 2 aliphatic rings. The van der Waals surface area contributed by atoms with Crippen molar-refractivity contribution < 1.29 is 19.1 Å². The second-order valence-corrected chi connectivity index (χ2v) is 8.64. The normalized spacial score (nSPS) is 23.2. The minimum Gasteiger partial charge on any atom is -0.497 e. The fourth-order valence-corrected chi connectivity index (χ4v) is 4.43. The van der Waals surface area contributed by atoms with Gasteiger partial charge in [-0.3, -0.25) is 9.59 Å². The zero-order valence-corrected chi connectivity index (χ0v) is 18.8. The van der Waals surface area contributed by atoms with E-state index >= 15 is 0 Å². The smallest absolute Gasteiger partial charge is 0.317 e. The van der Waals surface area contributed by atoms with Crippen molar-refractivity contribution in [2.75, 3.05) is 18.6 Å². The maximum absolute atomic E-state index is 12.8. The molecule has 1 unspecified atom stereocenters. The number of nitrogens with zero attached hydrogens (tertiary/aromatic N) is 3. The van der Waals surface area contributed by atoms with Crippen molar-refractivity contribution in [1.82, 2.24) is 15.3 Å². The molecular weight excluding hydrogens is 408 g/mol. The predicted octanol–water partition coefficient (Wildman–Crippen LogP) is 2.96. The Morgan fingerprint density at radius 1 is 1.06 bits per heavy atom. The molecule has 2 heterocycles. The van der Waals surface area contributed by atoms with E-state index in [1.54, 1.807) is 12.0 Å². The van der Waals surface area contributed by atoms with Crippen LogP contribution in [-0.2, 0) is 9.59 Å². The summed E-state index contributed by atoms with van der Waals surface area (Å²) in [5.74, 6) is 0.331. The summed E-state index contributed by atoms with van der Waals surface area (Å²) in [4.78, 5) is 35.7. The van der Waals surface area contributed by atoms with Gasteiger partial charge in [0.1, 0.15) is 11.9 Å². The van der Waals surface area contributed by atoms with Crippen molar-refractivity contribution in [3.8, 4) is 11.8 Å². The predicted molar refractivity (Wildman–Crippen MR) is 120 cm³/mol. The number of aryl methyl sites for hydroxylation is 2. The standard InChI is InChI=1S/C24H30N4O4/c1-15-12-16(2)26-24(25-15)32-21-8-4-18(5-9-21)27-23(30)17-13-22(29)28(14-17)19-6-10-20(31-3)11-7-19/h6-7,10-12,17-18,21H,4-5,8-9,13-14H2,1-3H3,(H,27,30). The van der Waals surface area contributed by atoms with Gasteiger partial charge in [0.15, 0.2) is 0 Å². The van der Waals surface area contributed by atoms with E-state index in [-0.39, 0.29) is 36.3 Å². The summed E-state index contributed by atoms with van der Waals surface area (Å²) in [5.41, 5.74) is 2.57. The van der Waals surface area contributed by atoms with Crippen LogP contribution < -0.4 is 19.7 Å². The van der Waals surface area contributed by atoms with Gasteiger partial charge in [-0.2, -0.15) is 0 Å². The van der Waals surface area contributed by atoms with Crippen LogP contribution in [0, 0.1) is 19.8 Å². The van der Waals surface area contributed by atoms with E-state index in [2.05, 4.69) is 15.3 Å². The van der Waals surface area contributed by atoms with Crippen LogP contribution in [0.25, 0.3) is 0 Å². The van der Waals surface area contributed by atoms with E-state index in [0.29, 0.717) is 12.6 Å². The van der Waals surface area contributed by atoms with Gasteiger partial charge >= 0.3 is 6.01 Å². The molecule has 8 heteroatoms. The molecule has 1 saturated heterocycles. The van der Waals surface area contributed by atoms with Crippen LogP contribution in [0.5, 0.6) is 11.8 Å². The highest BCUT2D eigenvalue weighted by atomic mass is 16.5. The molecule has 4 rings (SSSR count). The van der Waals surface area contributed by atoms with Gasteiger partial charge in [0.2, 0.25) is 11.8 Å². The lowest BCUT2D eigenvalue weighted by atomic mass is 9.92. The number of benzene rings is 1. The van der Waals surface area contributed by atoms with E-state index in [9.17, 15) is 9.59 Å². The number of hydrogen-bond acceptors (Lipinski definition) is 6. The number of ether oxygens (including phenoxy) is 2. The van der Waals surface area contributed by atoms with Crippen LogP contribution in [0.4, 0.5) is 5.69 Å². The van der Waals surface area contributed by atoms with Gasteiger partial charge in [0, 0.05) is 36.1 Å². The van der Waals surface area contributed by atoms with Crippen LogP contribution in [-0.4, -0.2) is 47.6 Å². The molecule has 0 bridgehead atoms. The van der Waals surface area contributed by atoms with Crippen LogP contribution >= 0.6 is 0 Å². The second kappa shape index (κ2) is 9.54. The van der Waals surface area contributed by atoms with Gasteiger partial charge < -0.3 is 19.7 Å². The Balaban J connectivity index is 1.26. The number of hydrogen-bond donors (Lipinski definition) is 1. The molecule has 8 nitrogen and oxygen atoms in total. The highest BCUT2D eigenvalue weighted by Gasteiger charge is 2.36. The summed E-state index contributed by atoms with van der Waals surface area (Å²) in [6, 6.07) is 9.78. The monoisotopic (exact) mass is 438 g/mol. The van der Waals surface area contributed by atoms with Crippen molar-refractivity contribution >= 4 is 17.5 Å². The third kappa shape index (κ3) is 5.18. The van der Waals surface area contributed by atoms with Gasteiger partial charge in [0.05, 0.1) is 13.0 Å². The molecule has 1 saturated carbocycles. The Morgan fingerprint density at radius 2 is 1.72 bits per heavy atom. The first-order valence-corrected chi connectivity index (χ1v) is 11.1. The SMILES string of the molecule is COc1ccc(N2CC(C(=O)NC3CCC(Oc4nc(C)cc(C)n4)CC3)CC2=O)cc1. The summed E-state index contributed by atoms with van der Waals surface area (Å²) >= 11 is 0. The maximum atomic E-state index is 12.8. The molecule has 1 N–H and O–H groups in total. The Hall–Kier alpha value is -3.16. The lowest BCUT2D eigenvalue weighted by molar-refractivity contribution is -0.127. The topological polar surface area (TPSA) is 93.7 Å². The second-order valence-electron chi connectivity index (χ2n) is 8.64. The fraction of sp³-hybridized carbons (Fsp3) is 0.500. The fourth-order valence-electron chi connectivity index (χ4n) is 4.43. The molecule has 1 aliphatic heterocycles. The Kier molecular flexibility index (Phi) is 6.58. The van der Waals surface area contributed by atoms with Crippen LogP contribution in [0.2, 0.25) is 0 Å². The number of anilines is 1. The molecule has 1 atom stereocenters. The lowest BCUT2D eigenvalue weighted by Crippen LogP contribution is -2.43. The van der Waals surface area contributed by atoms with Gasteiger partial charge in [-0.15, -0.1) is 0 Å². The molecule has 32 heavy (non-hydrogen) atoms. The molecule has 1 aliphatic carbocycles. The molecule has 1 aromatic carbocycles. The number of carbonyl (C=O) groups is 2. The Bertz CT molecular complexity index is 950. The Morgan fingerprint density at radius 3 is 2.34 bits per heavy atom. The third-order valence-corrected chi connectivity index (χ3v) is 6.13. The summed E-state index contributed by atoms with van der Waals surface area (Å²) in [7, 11) is 1.60. The first kappa shape index (κ1) is 22.0. The number of methoxy groups -OCH3 is 1. The molecule has 1 aromatic heterocycles. The molecule has 0 radical (unpaired) electrons. The number of amides is 2. The van der Waals surface area contributed by atoms with E-state index in [4.69, 9.17) is 9.47 Å². The van der Waals surface area contributed by atoms with E-state index in [1.165, 1.54) is 0 Å². The van der Waals surface area contributed by atoms with Crippen LogP contribution in [0.15, 0.2) is 30.3 Å². The summed E-state index contributed by atoms with van der Waals surface area (Å²) in [6.45, 7) is 4.26. The van der Waals surface area contributed by atoms with Crippen LogP contribution in [0.1, 0.15) is 43.5 Å². The van der Waals surface area contributed by atoms with E-state index in [0.717, 1.165) is 48.5 Å². The van der Waals surface area contributed by atoms with Crippen molar-refractivity contribution in [3.05, 3.63) is 41.7 Å². The minimum absolute atomic E-state index is 0.0270. The molecule has 2 fully saturated rings. The van der Waals surface area contributed by atoms with Crippen molar-refractivity contribution in [2.24, 2.45) is 5.92 Å². The summed E-state index contributed by atoms with van der Waals surface area (Å²) in [6.07, 6.45) is 3.64. The highest BCUT2D eigenvalue weighted by Crippen LogP contribution is 2.28. The zero-order chi connectivity index (χ0) is 22.7. The van der Waals surface area contributed by atoms with Crippen molar-refractivity contribution in [1.29, 1.82) is 0 Å². The van der Waals surface area contributed by atoms with Crippen LogP contribution in [0.3, 0.4) is 0 Å². The van der Waals surface area contributed by atoms with E-state index in [1.807, 2.05) is 44.2 Å². The van der Waals surface area contributed by atoms with Gasteiger partial charge in [0.25, 0.3) is 0 Å². The molecule has 2 amide bonds. The van der Waals surface area contributed by atoms with Crippen molar-refractivity contribution in [2.45, 2.75) is 58.1 Å². The molecule has 2 aromatic rings. The number of carbonyl (C=O) groups excluding carboxylic acids is 2. The van der Waals surface area contributed by atoms with Gasteiger partial charge in [-0.1, -0.05) is 0 Å². The minimum atomic E-state index is -0.331. The average Bonchev–Trinajstić information content (AvgIpc) is 3.16. The van der Waals surface area contributed by atoms with Crippen molar-refractivity contribution in [3.63, 3.8) is 0 Å². The maximum Gasteiger partial charge on any atom is 0.317 e. The molecule has 0 spiro atoms. The number of rotatable bonds is 6. The average molecular weight is 439 g/mol. The largest absolute Gasteiger partial charge is 0.497 e. The first-order valence-electron chi connectivity index (χ1n) is 11.1. The highest BCUT2D eigenvalue weighted by molar-refractivity contribution is 6.00. The zero-order valence-electron chi connectivity index (χ0n) is 18.8. The third-order valence-electron chi connectivity index (χ3n) is 6.13. The number of nitrogens with one attached hydrogen (secondary N) is 1. The van der Waals surface area contributed by atoms with Gasteiger partial charge in [-0.25, -0.2) is 9.97 Å². The Labute approximate surface area is 188 Å². The molecule has 170 valence electrons. The summed E-state index contributed by atoms with van der Waals surface area (Å²) < 4.78 is 11.1. The van der Waals surface area contributed by atoms with Gasteiger partial charge in [-0.05, 0) is 69.9 Å². The molecular formula is C24H30N4O4. The number of aromatic nitrogens is 2. The first-order chi connectivity index (χ1) is 15.4. The lowest BCUT2D eigenvalue weighted by Gasteiger charge is -2.29.